The predicted molar refractivity (Wildman–Crippen MR) is 148 cm³/mol. The highest BCUT2D eigenvalue weighted by Crippen LogP contribution is 2.41. The average molecular weight is 575 g/mol. The van der Waals surface area contributed by atoms with Gasteiger partial charge in [0, 0.05) is 55.5 Å². The minimum absolute atomic E-state index is 0.0538. The van der Waals surface area contributed by atoms with Crippen molar-refractivity contribution in [2.75, 3.05) is 43.1 Å². The Morgan fingerprint density at radius 1 is 1.23 bits per heavy atom. The minimum Gasteiger partial charge on any atom is -0.481 e. The molecule has 1 aromatic carbocycles. The molecule has 0 amide bonds. The second kappa shape index (κ2) is 11.7. The molecule has 4 heterocycles. The molecule has 0 radical (unpaired) electrons. The summed E-state index contributed by atoms with van der Waals surface area (Å²) in [5, 5.41) is 20.7. The summed E-state index contributed by atoms with van der Waals surface area (Å²) in [6, 6.07) is 8.11. The van der Waals surface area contributed by atoms with Gasteiger partial charge in [0.25, 0.3) is 0 Å². The van der Waals surface area contributed by atoms with Crippen molar-refractivity contribution in [3.8, 4) is 0 Å². The van der Waals surface area contributed by atoms with E-state index in [1.54, 1.807) is 24.3 Å². The molecule has 2 fully saturated rings. The zero-order valence-corrected chi connectivity index (χ0v) is 23.3. The van der Waals surface area contributed by atoms with Gasteiger partial charge < -0.3 is 20.1 Å². The number of likely N-dealkylation sites (tertiary alicyclic amines) is 1. The van der Waals surface area contributed by atoms with Crippen LogP contribution >= 0.6 is 11.6 Å². The number of aliphatic carboxylic acids is 1. The van der Waals surface area contributed by atoms with Crippen molar-refractivity contribution in [2.24, 2.45) is 5.41 Å². The lowest BCUT2D eigenvalue weighted by Gasteiger charge is -2.43. The first-order valence-electron chi connectivity index (χ1n) is 13.4. The van der Waals surface area contributed by atoms with E-state index in [2.05, 4.69) is 20.5 Å². The van der Waals surface area contributed by atoms with Crippen molar-refractivity contribution < 1.29 is 23.4 Å². The Morgan fingerprint density at radius 2 is 2.00 bits per heavy atom. The monoisotopic (exact) mass is 574 g/mol. The molecular weight excluding hydrogens is 542 g/mol. The number of halogens is 3. The number of hydrogen-bond donors (Lipinski definition) is 3. The summed E-state index contributed by atoms with van der Waals surface area (Å²) in [6.45, 7) is 6.46. The van der Waals surface area contributed by atoms with Crippen LogP contribution in [0.25, 0.3) is 0 Å². The molecule has 2 atom stereocenters. The van der Waals surface area contributed by atoms with Crippen LogP contribution in [0.2, 0.25) is 5.02 Å². The Balaban J connectivity index is 1.43. The van der Waals surface area contributed by atoms with E-state index in [9.17, 15) is 14.3 Å². The number of pyridine rings is 1. The molecule has 2 aromatic heterocycles. The highest BCUT2D eigenvalue weighted by Gasteiger charge is 2.45. The van der Waals surface area contributed by atoms with Crippen molar-refractivity contribution >= 4 is 34.9 Å². The second-order valence-corrected chi connectivity index (χ2v) is 11.1. The third-order valence-electron chi connectivity index (χ3n) is 7.87. The fraction of sp³-hybridized carbons (Fsp3) is 0.464. The number of hydrogen-bond acceptors (Lipinski definition) is 7. The van der Waals surface area contributed by atoms with E-state index in [1.807, 2.05) is 23.6 Å². The number of morpholine rings is 1. The maximum atomic E-state index is 16.1. The molecule has 2 aliphatic rings. The number of rotatable bonds is 8. The highest BCUT2D eigenvalue weighted by atomic mass is 35.5. The normalized spacial score (nSPS) is 21.9. The first kappa shape index (κ1) is 28.3. The van der Waals surface area contributed by atoms with Gasteiger partial charge in [0.05, 0.1) is 35.0 Å². The van der Waals surface area contributed by atoms with E-state index in [0.717, 1.165) is 5.69 Å². The van der Waals surface area contributed by atoms with Gasteiger partial charge in [0.2, 0.25) is 0 Å². The number of nitrogens with zero attached hydrogens (tertiary/aromatic N) is 4. The van der Waals surface area contributed by atoms with Crippen LogP contribution in [0, 0.1) is 24.0 Å². The van der Waals surface area contributed by atoms with E-state index < -0.39 is 23.0 Å². The Kier molecular flexibility index (Phi) is 8.25. The molecule has 0 aliphatic carbocycles. The first-order chi connectivity index (χ1) is 19.1. The van der Waals surface area contributed by atoms with E-state index in [-0.39, 0.29) is 36.0 Å². The third kappa shape index (κ3) is 5.91. The number of aromatic amines is 1. The number of piperidine rings is 1. The van der Waals surface area contributed by atoms with Gasteiger partial charge in [0.15, 0.2) is 11.6 Å². The molecule has 40 heavy (non-hydrogen) atoms. The molecule has 0 spiro atoms. The van der Waals surface area contributed by atoms with Crippen LogP contribution in [-0.4, -0.2) is 70.0 Å². The van der Waals surface area contributed by atoms with Crippen molar-refractivity contribution in [1.82, 2.24) is 20.1 Å². The van der Waals surface area contributed by atoms with Crippen molar-refractivity contribution in [3.63, 3.8) is 0 Å². The zero-order valence-electron chi connectivity index (χ0n) is 22.5. The summed E-state index contributed by atoms with van der Waals surface area (Å²) in [6.07, 6.45) is 0.443. The van der Waals surface area contributed by atoms with E-state index in [4.69, 9.17) is 16.3 Å². The average Bonchev–Trinajstić information content (AvgIpc) is 3.34. The number of nitrogens with one attached hydrogen (secondary N) is 2. The molecular formula is C28H33ClF2N6O3. The fourth-order valence-electron chi connectivity index (χ4n) is 5.65. The minimum atomic E-state index is -1.24. The van der Waals surface area contributed by atoms with Crippen LogP contribution in [0.4, 0.5) is 26.1 Å². The topological polar surface area (TPSA) is 107 Å². The van der Waals surface area contributed by atoms with Gasteiger partial charge in [-0.3, -0.25) is 14.8 Å². The molecule has 0 unspecified atom stereocenters. The molecule has 12 heteroatoms. The molecule has 3 N–H and O–H groups in total. The SMILES string of the molecule is Cc1cc(Nc2cc(N3CCOCC3)c(F)c(C[C@@]3(C(=O)O)CCN(Cc4cccc(Cl)c4F)[C@H](C)C3)n2)n[nH]1. The molecule has 3 aromatic rings. The number of benzene rings is 1. The summed E-state index contributed by atoms with van der Waals surface area (Å²) in [5.41, 5.74) is 0.507. The predicted octanol–water partition coefficient (Wildman–Crippen LogP) is 4.92. The molecule has 0 bridgehead atoms. The molecule has 2 saturated heterocycles. The standard InChI is InChI=1S/C28H33ClF2N6O3/c1-17-12-24(35-34-17)33-23-13-22(36-8-10-40-11-9-36)26(31)21(32-23)15-28(27(38)39)6-7-37(18(2)14-28)16-19-4-3-5-20(29)25(19)30/h3-5,12-13,18H,6-11,14-16H2,1-2H3,(H,38,39)(H2,32,33,34,35)/t18-,28-/m1/s1. The van der Waals surface area contributed by atoms with Crippen LogP contribution in [-0.2, 0) is 22.5 Å². The summed E-state index contributed by atoms with van der Waals surface area (Å²) in [4.78, 5) is 21.2. The summed E-state index contributed by atoms with van der Waals surface area (Å²) in [5.74, 6) is -1.08. The van der Waals surface area contributed by atoms with Crippen molar-refractivity contribution in [3.05, 3.63) is 63.9 Å². The molecule has 9 nitrogen and oxygen atoms in total. The number of carbonyl (C=O) groups is 1. The molecule has 5 rings (SSSR count). The van der Waals surface area contributed by atoms with E-state index in [0.29, 0.717) is 62.3 Å². The number of aryl methyl sites for hydroxylation is 1. The van der Waals surface area contributed by atoms with Crippen LogP contribution < -0.4 is 10.2 Å². The fourth-order valence-corrected chi connectivity index (χ4v) is 5.84. The zero-order chi connectivity index (χ0) is 28.4. The van der Waals surface area contributed by atoms with Gasteiger partial charge in [-0.15, -0.1) is 0 Å². The number of H-pyrrole nitrogens is 1. The smallest absolute Gasteiger partial charge is 0.310 e. The Hall–Kier alpha value is -3.28. The van der Waals surface area contributed by atoms with Crippen LogP contribution in [0.1, 0.15) is 36.7 Å². The molecule has 2 aliphatic heterocycles. The summed E-state index contributed by atoms with van der Waals surface area (Å²) >= 11 is 5.96. The second-order valence-electron chi connectivity index (χ2n) is 10.7. The van der Waals surface area contributed by atoms with Gasteiger partial charge >= 0.3 is 5.97 Å². The lowest BCUT2D eigenvalue weighted by Crippen LogP contribution is -2.50. The maximum Gasteiger partial charge on any atom is 0.310 e. The summed E-state index contributed by atoms with van der Waals surface area (Å²) < 4.78 is 36.1. The molecule has 0 saturated carbocycles. The number of carboxylic acids is 1. The van der Waals surface area contributed by atoms with Gasteiger partial charge in [-0.05, 0) is 39.3 Å². The lowest BCUT2D eigenvalue weighted by molar-refractivity contribution is -0.153. The number of aromatic nitrogens is 3. The summed E-state index contributed by atoms with van der Waals surface area (Å²) in [7, 11) is 0. The maximum absolute atomic E-state index is 16.1. The largest absolute Gasteiger partial charge is 0.481 e. The lowest BCUT2D eigenvalue weighted by atomic mass is 9.72. The van der Waals surface area contributed by atoms with Crippen molar-refractivity contribution in [1.29, 1.82) is 0 Å². The van der Waals surface area contributed by atoms with Crippen molar-refractivity contribution in [2.45, 2.75) is 45.7 Å². The number of ether oxygens (including phenoxy) is 1. The van der Waals surface area contributed by atoms with Gasteiger partial charge in [-0.1, -0.05) is 23.7 Å². The Bertz CT molecular complexity index is 1380. The first-order valence-corrected chi connectivity index (χ1v) is 13.7. The number of carboxylic acid groups (broad SMARTS) is 1. The number of anilines is 3. The molecule has 214 valence electrons. The Morgan fingerprint density at radius 3 is 2.67 bits per heavy atom. The Labute approximate surface area is 236 Å². The van der Waals surface area contributed by atoms with Gasteiger partial charge in [0.1, 0.15) is 11.6 Å². The van der Waals surface area contributed by atoms with Gasteiger partial charge in [-0.2, -0.15) is 5.10 Å². The van der Waals surface area contributed by atoms with E-state index in [1.165, 1.54) is 6.07 Å². The quantitative estimate of drug-likeness (QED) is 0.348. The van der Waals surface area contributed by atoms with Crippen LogP contribution in [0.3, 0.4) is 0 Å². The van der Waals surface area contributed by atoms with Crippen LogP contribution in [0.15, 0.2) is 30.3 Å². The van der Waals surface area contributed by atoms with Crippen LogP contribution in [0.5, 0.6) is 0 Å². The third-order valence-corrected chi connectivity index (χ3v) is 8.16. The van der Waals surface area contributed by atoms with E-state index >= 15 is 4.39 Å². The highest BCUT2D eigenvalue weighted by molar-refractivity contribution is 6.30. The van der Waals surface area contributed by atoms with Gasteiger partial charge in [-0.25, -0.2) is 13.8 Å².